The first-order chi connectivity index (χ1) is 16.3. The summed E-state index contributed by atoms with van der Waals surface area (Å²) in [6.45, 7) is 0.281. The summed E-state index contributed by atoms with van der Waals surface area (Å²) in [5, 5.41) is 6.92. The van der Waals surface area contributed by atoms with Crippen molar-refractivity contribution in [1.29, 1.82) is 0 Å². The lowest BCUT2D eigenvalue weighted by Crippen LogP contribution is -2.37. The Balaban J connectivity index is 1.59. The summed E-state index contributed by atoms with van der Waals surface area (Å²) in [4.78, 5) is 16.9. The molecule has 3 heterocycles. The first kappa shape index (κ1) is 23.9. The molecule has 1 fully saturated rings. The minimum Gasteiger partial charge on any atom is -0.377 e. The predicted octanol–water partition coefficient (Wildman–Crippen LogP) is 3.35. The lowest BCUT2D eigenvalue weighted by atomic mass is 10.0. The average molecular weight is 475 g/mol. The van der Waals surface area contributed by atoms with Gasteiger partial charge in [0.15, 0.2) is 0 Å². The molecule has 34 heavy (non-hydrogen) atoms. The van der Waals surface area contributed by atoms with Crippen LogP contribution in [-0.2, 0) is 16.5 Å². The van der Waals surface area contributed by atoms with Crippen LogP contribution in [0.1, 0.15) is 35.1 Å². The van der Waals surface area contributed by atoms with E-state index in [0.717, 1.165) is 30.3 Å². The molecule has 1 aromatic carbocycles. The molecule has 0 saturated carbocycles. The van der Waals surface area contributed by atoms with Crippen molar-refractivity contribution in [2.24, 2.45) is 12.8 Å². The minimum absolute atomic E-state index is 0.182. The number of hydrogen-bond acceptors (Lipinski definition) is 6. The fraction of sp³-hybridized carbons (Fsp3) is 0.348. The van der Waals surface area contributed by atoms with Crippen molar-refractivity contribution in [3.8, 4) is 11.3 Å². The maximum atomic E-state index is 14.4. The van der Waals surface area contributed by atoms with Gasteiger partial charge in [0, 0.05) is 25.8 Å². The Morgan fingerprint density at radius 3 is 2.74 bits per heavy atom. The number of amides is 1. The summed E-state index contributed by atoms with van der Waals surface area (Å²) in [7, 11) is 3.29. The number of pyridine rings is 1. The van der Waals surface area contributed by atoms with Gasteiger partial charge in [0.05, 0.1) is 30.3 Å². The molecular formula is C23H24F3N5O3. The van der Waals surface area contributed by atoms with Crippen LogP contribution in [0.15, 0.2) is 36.5 Å². The highest BCUT2D eigenvalue weighted by atomic mass is 19.1. The number of carbonyl (C=O) groups excluding carboxylic acids is 1. The monoisotopic (exact) mass is 475 g/mol. The predicted molar refractivity (Wildman–Crippen MR) is 117 cm³/mol. The standard InChI is InChI=1S/C23H24F3N5O3/c1-31-22(19-8-6-16(27)20(33-2)11-34-19)18(10-28-31)30-23(32)17-7-5-15(26)21(29-17)13-9-12(24)3-4-14(13)25/h3-5,7,9-10,16,19-20H,6,8,11,27H2,1-2H3,(H,30,32)/t16-,19+,20+/m1/s1. The van der Waals surface area contributed by atoms with Crippen LogP contribution < -0.4 is 11.1 Å². The van der Waals surface area contributed by atoms with Crippen LogP contribution in [0.4, 0.5) is 18.9 Å². The molecule has 1 saturated heterocycles. The number of rotatable bonds is 5. The molecule has 180 valence electrons. The molecule has 0 aliphatic carbocycles. The van der Waals surface area contributed by atoms with Crippen molar-refractivity contribution in [3.05, 3.63) is 65.4 Å². The number of nitrogens with zero attached hydrogens (tertiary/aromatic N) is 3. The first-order valence-electron chi connectivity index (χ1n) is 10.6. The van der Waals surface area contributed by atoms with Gasteiger partial charge in [-0.25, -0.2) is 18.2 Å². The minimum atomic E-state index is -0.890. The van der Waals surface area contributed by atoms with E-state index in [2.05, 4.69) is 15.4 Å². The summed E-state index contributed by atoms with van der Waals surface area (Å²) in [5.74, 6) is -3.18. The van der Waals surface area contributed by atoms with Gasteiger partial charge in [0.2, 0.25) is 0 Å². The van der Waals surface area contributed by atoms with Crippen LogP contribution in [0.3, 0.4) is 0 Å². The number of methoxy groups -OCH3 is 1. The van der Waals surface area contributed by atoms with Gasteiger partial charge in [0.1, 0.15) is 34.9 Å². The van der Waals surface area contributed by atoms with E-state index in [4.69, 9.17) is 15.2 Å². The van der Waals surface area contributed by atoms with Crippen molar-refractivity contribution in [2.45, 2.75) is 31.1 Å². The zero-order valence-electron chi connectivity index (χ0n) is 18.6. The molecule has 1 amide bonds. The van der Waals surface area contributed by atoms with Gasteiger partial charge in [0.25, 0.3) is 5.91 Å². The van der Waals surface area contributed by atoms with E-state index in [9.17, 15) is 18.0 Å². The summed E-state index contributed by atoms with van der Waals surface area (Å²) in [6, 6.07) is 4.55. The number of ether oxygens (including phenoxy) is 2. The molecule has 1 aliphatic rings. The van der Waals surface area contributed by atoms with E-state index in [1.54, 1.807) is 18.8 Å². The maximum absolute atomic E-state index is 14.4. The van der Waals surface area contributed by atoms with Crippen molar-refractivity contribution < 1.29 is 27.4 Å². The largest absolute Gasteiger partial charge is 0.377 e. The number of anilines is 1. The lowest BCUT2D eigenvalue weighted by Gasteiger charge is -2.19. The topological polar surface area (TPSA) is 104 Å². The third kappa shape index (κ3) is 4.81. The van der Waals surface area contributed by atoms with E-state index >= 15 is 0 Å². The van der Waals surface area contributed by atoms with Crippen LogP contribution in [0.2, 0.25) is 0 Å². The van der Waals surface area contributed by atoms with Gasteiger partial charge >= 0.3 is 0 Å². The quantitative estimate of drug-likeness (QED) is 0.587. The normalized spacial score (nSPS) is 20.7. The zero-order chi connectivity index (χ0) is 24.4. The Labute approximate surface area is 193 Å². The Kier molecular flexibility index (Phi) is 6.96. The van der Waals surface area contributed by atoms with Crippen LogP contribution in [0, 0.1) is 17.5 Å². The van der Waals surface area contributed by atoms with E-state index in [1.807, 2.05) is 0 Å². The number of aromatic nitrogens is 3. The van der Waals surface area contributed by atoms with Gasteiger partial charge in [-0.15, -0.1) is 0 Å². The maximum Gasteiger partial charge on any atom is 0.274 e. The molecule has 3 aromatic rings. The lowest BCUT2D eigenvalue weighted by molar-refractivity contribution is -0.0211. The summed E-state index contributed by atoms with van der Waals surface area (Å²) in [5.41, 5.74) is 6.11. The second-order valence-corrected chi connectivity index (χ2v) is 8.01. The summed E-state index contributed by atoms with van der Waals surface area (Å²) in [6.07, 6.45) is 2.05. The van der Waals surface area contributed by atoms with E-state index in [0.29, 0.717) is 24.2 Å². The van der Waals surface area contributed by atoms with Gasteiger partial charge in [-0.1, -0.05) is 0 Å². The molecule has 3 N–H and O–H groups in total. The smallest absolute Gasteiger partial charge is 0.274 e. The molecule has 11 heteroatoms. The fourth-order valence-corrected chi connectivity index (χ4v) is 3.95. The first-order valence-corrected chi connectivity index (χ1v) is 10.6. The Hall–Kier alpha value is -3.28. The zero-order valence-corrected chi connectivity index (χ0v) is 18.6. The van der Waals surface area contributed by atoms with Gasteiger partial charge < -0.3 is 20.5 Å². The second kappa shape index (κ2) is 9.92. The van der Waals surface area contributed by atoms with Crippen LogP contribution >= 0.6 is 0 Å². The third-order valence-corrected chi connectivity index (χ3v) is 5.80. The molecule has 0 radical (unpaired) electrons. The number of hydrogen-bond donors (Lipinski definition) is 2. The molecule has 0 unspecified atom stereocenters. The number of halogens is 3. The van der Waals surface area contributed by atoms with Crippen LogP contribution in [0.25, 0.3) is 11.3 Å². The van der Waals surface area contributed by atoms with Crippen molar-refractivity contribution >= 4 is 11.6 Å². The highest BCUT2D eigenvalue weighted by molar-refractivity contribution is 6.03. The highest BCUT2D eigenvalue weighted by Crippen LogP contribution is 2.32. The molecule has 3 atom stereocenters. The SMILES string of the molecule is CO[C@H]1CO[C@H](c2c(NC(=O)c3ccc(F)c(-c4cc(F)ccc4F)n3)cnn2C)CC[C@H]1N. The van der Waals surface area contributed by atoms with Crippen LogP contribution in [-0.4, -0.2) is 46.5 Å². The van der Waals surface area contributed by atoms with E-state index in [1.165, 1.54) is 6.20 Å². The summed E-state index contributed by atoms with van der Waals surface area (Å²) < 4.78 is 55.1. The second-order valence-electron chi connectivity index (χ2n) is 8.01. The van der Waals surface area contributed by atoms with Gasteiger partial charge in [-0.2, -0.15) is 5.10 Å². The molecule has 4 rings (SSSR count). The molecule has 1 aliphatic heterocycles. The molecule has 0 bridgehead atoms. The molecule has 8 nitrogen and oxygen atoms in total. The Bertz CT molecular complexity index is 1200. The third-order valence-electron chi connectivity index (χ3n) is 5.80. The van der Waals surface area contributed by atoms with Crippen LogP contribution in [0.5, 0.6) is 0 Å². The Morgan fingerprint density at radius 1 is 1.21 bits per heavy atom. The number of benzene rings is 1. The van der Waals surface area contributed by atoms with E-state index < -0.39 is 35.2 Å². The fourth-order valence-electron chi connectivity index (χ4n) is 3.95. The number of nitrogens with one attached hydrogen (secondary N) is 1. The Morgan fingerprint density at radius 2 is 1.97 bits per heavy atom. The van der Waals surface area contributed by atoms with Crippen molar-refractivity contribution in [2.75, 3.05) is 19.0 Å². The highest BCUT2D eigenvalue weighted by Gasteiger charge is 2.30. The number of nitrogens with two attached hydrogens (primary N) is 1. The van der Waals surface area contributed by atoms with Gasteiger partial charge in [-0.3, -0.25) is 9.48 Å². The number of carbonyl (C=O) groups is 1. The number of aryl methyl sites for hydroxylation is 1. The average Bonchev–Trinajstić information content (AvgIpc) is 3.06. The van der Waals surface area contributed by atoms with Crippen molar-refractivity contribution in [1.82, 2.24) is 14.8 Å². The van der Waals surface area contributed by atoms with Gasteiger partial charge in [-0.05, 0) is 43.2 Å². The summed E-state index contributed by atoms with van der Waals surface area (Å²) >= 11 is 0. The van der Waals surface area contributed by atoms with E-state index in [-0.39, 0.29) is 30.0 Å². The van der Waals surface area contributed by atoms with Crippen molar-refractivity contribution in [3.63, 3.8) is 0 Å². The molecule has 2 aromatic heterocycles. The molecular weight excluding hydrogens is 451 g/mol. The molecule has 0 spiro atoms.